The van der Waals surface area contributed by atoms with Crippen molar-refractivity contribution in [2.75, 3.05) is 46.6 Å². The SMILES string of the molecule is COc1ccc2c(c1)c(=O)oc1cc(OCCCN3CCOCC3)ccc12. The van der Waals surface area contributed by atoms with Gasteiger partial charge in [-0.3, -0.25) is 4.90 Å². The van der Waals surface area contributed by atoms with Gasteiger partial charge < -0.3 is 18.6 Å². The second-order valence-electron chi connectivity index (χ2n) is 6.62. The Morgan fingerprint density at radius 2 is 1.78 bits per heavy atom. The fraction of sp³-hybridized carbons (Fsp3) is 0.381. The Hall–Kier alpha value is -2.57. The Labute approximate surface area is 157 Å². The number of morpholine rings is 1. The predicted molar refractivity (Wildman–Crippen MR) is 104 cm³/mol. The standard InChI is InChI=1S/C21H23NO5/c1-24-15-3-5-17-18-6-4-16(14-20(18)27-21(23)19(17)13-15)26-10-2-7-22-8-11-25-12-9-22/h3-6,13-14H,2,7-12H2,1H3. The van der Waals surface area contributed by atoms with Gasteiger partial charge in [0.1, 0.15) is 17.1 Å². The summed E-state index contributed by atoms with van der Waals surface area (Å²) in [5, 5.41) is 2.25. The molecule has 0 N–H and O–H groups in total. The molecule has 0 bridgehead atoms. The lowest BCUT2D eigenvalue weighted by atomic mass is 10.1. The van der Waals surface area contributed by atoms with Gasteiger partial charge in [0.05, 0.1) is 32.3 Å². The van der Waals surface area contributed by atoms with Gasteiger partial charge in [0.25, 0.3) is 0 Å². The molecule has 1 saturated heterocycles. The summed E-state index contributed by atoms with van der Waals surface area (Å²) in [7, 11) is 1.58. The number of nitrogens with zero attached hydrogens (tertiary/aromatic N) is 1. The quantitative estimate of drug-likeness (QED) is 0.378. The lowest BCUT2D eigenvalue weighted by Crippen LogP contribution is -2.37. The third kappa shape index (κ3) is 3.91. The maximum absolute atomic E-state index is 12.3. The van der Waals surface area contributed by atoms with Crippen molar-refractivity contribution in [3.8, 4) is 11.5 Å². The zero-order chi connectivity index (χ0) is 18.6. The van der Waals surface area contributed by atoms with Crippen LogP contribution in [0, 0.1) is 0 Å². The van der Waals surface area contributed by atoms with Crippen LogP contribution in [-0.4, -0.2) is 51.5 Å². The lowest BCUT2D eigenvalue weighted by molar-refractivity contribution is 0.0358. The number of fused-ring (bicyclic) bond motifs is 3. The van der Waals surface area contributed by atoms with Crippen LogP contribution < -0.4 is 15.1 Å². The molecular weight excluding hydrogens is 346 g/mol. The molecule has 0 radical (unpaired) electrons. The minimum atomic E-state index is -0.374. The van der Waals surface area contributed by atoms with Gasteiger partial charge in [0, 0.05) is 36.5 Å². The highest BCUT2D eigenvalue weighted by Crippen LogP contribution is 2.28. The molecule has 27 heavy (non-hydrogen) atoms. The number of hydrogen-bond donors (Lipinski definition) is 0. The second kappa shape index (κ2) is 7.98. The van der Waals surface area contributed by atoms with Crippen molar-refractivity contribution in [1.82, 2.24) is 4.90 Å². The smallest absolute Gasteiger partial charge is 0.344 e. The summed E-state index contributed by atoms with van der Waals surface area (Å²) in [5.74, 6) is 1.34. The van der Waals surface area contributed by atoms with Crippen molar-refractivity contribution in [3.05, 3.63) is 46.8 Å². The first kappa shape index (κ1) is 17.8. The molecule has 0 spiro atoms. The van der Waals surface area contributed by atoms with Crippen molar-refractivity contribution in [2.24, 2.45) is 0 Å². The molecule has 0 atom stereocenters. The summed E-state index contributed by atoms with van der Waals surface area (Å²) in [6, 6.07) is 11.1. The molecule has 0 aliphatic carbocycles. The Morgan fingerprint density at radius 3 is 2.59 bits per heavy atom. The summed E-state index contributed by atoms with van der Waals surface area (Å²) in [6.45, 7) is 5.21. The van der Waals surface area contributed by atoms with Gasteiger partial charge in [-0.2, -0.15) is 0 Å². The van der Waals surface area contributed by atoms with Gasteiger partial charge in [0.15, 0.2) is 0 Å². The van der Waals surface area contributed by atoms with Crippen molar-refractivity contribution in [3.63, 3.8) is 0 Å². The molecule has 1 aromatic heterocycles. The van der Waals surface area contributed by atoms with Gasteiger partial charge in [-0.25, -0.2) is 4.79 Å². The zero-order valence-corrected chi connectivity index (χ0v) is 15.4. The topological polar surface area (TPSA) is 61.1 Å². The predicted octanol–water partition coefficient (Wildman–Crippen LogP) is 3.06. The van der Waals surface area contributed by atoms with Gasteiger partial charge in [-0.1, -0.05) is 0 Å². The van der Waals surface area contributed by atoms with Crippen LogP contribution in [0.5, 0.6) is 11.5 Å². The highest BCUT2D eigenvalue weighted by atomic mass is 16.5. The summed E-state index contributed by atoms with van der Waals surface area (Å²) in [4.78, 5) is 14.7. The number of rotatable bonds is 6. The maximum atomic E-state index is 12.3. The average molecular weight is 369 g/mol. The summed E-state index contributed by atoms with van der Waals surface area (Å²) < 4.78 is 21.9. The molecule has 142 valence electrons. The molecule has 0 amide bonds. The van der Waals surface area contributed by atoms with E-state index in [9.17, 15) is 4.79 Å². The Bertz CT molecular complexity index is 991. The van der Waals surface area contributed by atoms with Crippen molar-refractivity contribution in [2.45, 2.75) is 6.42 Å². The summed E-state index contributed by atoms with van der Waals surface area (Å²) >= 11 is 0. The lowest BCUT2D eigenvalue weighted by Gasteiger charge is -2.26. The molecular formula is C21H23NO5. The van der Waals surface area contributed by atoms with E-state index in [0.717, 1.165) is 50.0 Å². The first-order chi connectivity index (χ1) is 13.2. The number of methoxy groups -OCH3 is 1. The molecule has 4 rings (SSSR count). The first-order valence-corrected chi connectivity index (χ1v) is 9.22. The summed E-state index contributed by atoms with van der Waals surface area (Å²) in [5.41, 5.74) is 0.157. The van der Waals surface area contributed by atoms with Gasteiger partial charge >= 0.3 is 5.63 Å². The van der Waals surface area contributed by atoms with E-state index in [1.807, 2.05) is 24.3 Å². The Kier molecular flexibility index (Phi) is 5.27. The molecule has 1 aliphatic rings. The normalized spacial score (nSPS) is 15.3. The van der Waals surface area contributed by atoms with E-state index in [0.29, 0.717) is 29.1 Å². The number of hydrogen-bond acceptors (Lipinski definition) is 6. The molecule has 0 unspecified atom stereocenters. The molecule has 2 heterocycles. The minimum Gasteiger partial charge on any atom is -0.497 e. The molecule has 1 fully saturated rings. The zero-order valence-electron chi connectivity index (χ0n) is 15.4. The minimum absolute atomic E-state index is 0.374. The first-order valence-electron chi connectivity index (χ1n) is 9.22. The third-order valence-electron chi connectivity index (χ3n) is 4.88. The molecule has 2 aromatic carbocycles. The van der Waals surface area contributed by atoms with Crippen molar-refractivity contribution in [1.29, 1.82) is 0 Å². The fourth-order valence-electron chi connectivity index (χ4n) is 3.41. The highest BCUT2D eigenvalue weighted by molar-refractivity contribution is 6.04. The molecule has 0 saturated carbocycles. The van der Waals surface area contributed by atoms with Gasteiger partial charge in [-0.05, 0) is 36.8 Å². The number of ether oxygens (including phenoxy) is 3. The van der Waals surface area contributed by atoms with Crippen LogP contribution in [0.2, 0.25) is 0 Å². The van der Waals surface area contributed by atoms with Crippen LogP contribution in [0.4, 0.5) is 0 Å². The van der Waals surface area contributed by atoms with Gasteiger partial charge in [0.2, 0.25) is 0 Å². The van der Waals surface area contributed by atoms with Crippen LogP contribution in [0.25, 0.3) is 21.7 Å². The van der Waals surface area contributed by atoms with E-state index in [4.69, 9.17) is 18.6 Å². The Morgan fingerprint density at radius 1 is 1.00 bits per heavy atom. The van der Waals surface area contributed by atoms with Crippen LogP contribution in [0.1, 0.15) is 6.42 Å². The van der Waals surface area contributed by atoms with Crippen molar-refractivity contribution < 1.29 is 18.6 Å². The molecule has 6 heteroatoms. The molecule has 6 nitrogen and oxygen atoms in total. The van der Waals surface area contributed by atoms with Crippen LogP contribution in [0.3, 0.4) is 0 Å². The van der Waals surface area contributed by atoms with Crippen LogP contribution in [-0.2, 0) is 4.74 Å². The second-order valence-corrected chi connectivity index (χ2v) is 6.62. The van der Waals surface area contributed by atoms with E-state index >= 15 is 0 Å². The van der Waals surface area contributed by atoms with E-state index in [-0.39, 0.29) is 5.63 Å². The van der Waals surface area contributed by atoms with Crippen LogP contribution >= 0.6 is 0 Å². The average Bonchev–Trinajstić information content (AvgIpc) is 2.71. The summed E-state index contributed by atoms with van der Waals surface area (Å²) in [6.07, 6.45) is 0.944. The molecule has 1 aliphatic heterocycles. The molecule has 3 aromatic rings. The Balaban J connectivity index is 1.48. The third-order valence-corrected chi connectivity index (χ3v) is 4.88. The highest BCUT2D eigenvalue weighted by Gasteiger charge is 2.11. The van der Waals surface area contributed by atoms with E-state index in [1.54, 1.807) is 19.2 Å². The largest absolute Gasteiger partial charge is 0.497 e. The van der Waals surface area contributed by atoms with Crippen LogP contribution in [0.15, 0.2) is 45.6 Å². The van der Waals surface area contributed by atoms with E-state index in [2.05, 4.69) is 4.90 Å². The number of benzene rings is 2. The monoisotopic (exact) mass is 369 g/mol. The van der Waals surface area contributed by atoms with Crippen molar-refractivity contribution >= 4 is 21.7 Å². The fourth-order valence-corrected chi connectivity index (χ4v) is 3.41. The van der Waals surface area contributed by atoms with Gasteiger partial charge in [-0.15, -0.1) is 0 Å². The van der Waals surface area contributed by atoms with E-state index < -0.39 is 0 Å². The van der Waals surface area contributed by atoms with E-state index in [1.165, 1.54) is 0 Å². The maximum Gasteiger partial charge on any atom is 0.344 e.